The Kier molecular flexibility index (Phi) is 6.65. The number of rotatable bonds is 7. The molecule has 4 rings (SSSR count). The van der Waals surface area contributed by atoms with Gasteiger partial charge in [0.25, 0.3) is 5.56 Å². The molecule has 3 N–H and O–H groups in total. The second-order valence-electron chi connectivity index (χ2n) is 7.64. The molecule has 0 saturated heterocycles. The van der Waals surface area contributed by atoms with Crippen LogP contribution in [-0.2, 0) is 17.8 Å². The highest BCUT2D eigenvalue weighted by atomic mass is 35.5. The van der Waals surface area contributed by atoms with Crippen molar-refractivity contribution in [3.63, 3.8) is 0 Å². The van der Waals surface area contributed by atoms with Crippen LogP contribution in [0.5, 0.6) is 0 Å². The number of hydrogen-bond acceptors (Lipinski definition) is 6. The first kappa shape index (κ1) is 23.1. The molecule has 10 heteroatoms. The van der Waals surface area contributed by atoms with E-state index >= 15 is 0 Å². The van der Waals surface area contributed by atoms with Crippen molar-refractivity contribution in [1.82, 2.24) is 14.5 Å². The van der Waals surface area contributed by atoms with E-state index in [9.17, 15) is 14.4 Å². The van der Waals surface area contributed by atoms with E-state index in [0.717, 1.165) is 16.0 Å². The summed E-state index contributed by atoms with van der Waals surface area (Å²) in [6.45, 7) is 0.154. The highest BCUT2D eigenvalue weighted by Gasteiger charge is 2.21. The van der Waals surface area contributed by atoms with Crippen LogP contribution in [0.4, 0.5) is 11.5 Å². The van der Waals surface area contributed by atoms with Crippen molar-refractivity contribution in [2.75, 3.05) is 17.7 Å². The van der Waals surface area contributed by atoms with E-state index in [-0.39, 0.29) is 36.8 Å². The zero-order chi connectivity index (χ0) is 24.2. The summed E-state index contributed by atoms with van der Waals surface area (Å²) in [5, 5.41) is 0.612. The summed E-state index contributed by atoms with van der Waals surface area (Å²) in [7, 11) is 1.44. The average Bonchev–Trinajstić information content (AvgIpc) is 3.30. The van der Waals surface area contributed by atoms with E-state index in [1.165, 1.54) is 11.6 Å². The zero-order valence-electron chi connectivity index (χ0n) is 18.3. The van der Waals surface area contributed by atoms with Gasteiger partial charge >= 0.3 is 5.69 Å². The van der Waals surface area contributed by atoms with Crippen LogP contribution in [0, 0.1) is 0 Å². The molecule has 0 aliphatic rings. The van der Waals surface area contributed by atoms with E-state index in [4.69, 9.17) is 21.8 Å². The maximum atomic E-state index is 12.8. The van der Waals surface area contributed by atoms with Crippen LogP contribution in [0.25, 0.3) is 11.3 Å². The van der Waals surface area contributed by atoms with Gasteiger partial charge in [-0.25, -0.2) is 9.78 Å². The summed E-state index contributed by atoms with van der Waals surface area (Å²) in [5.41, 5.74) is 6.33. The topological polar surface area (TPSA) is 127 Å². The highest BCUT2D eigenvalue weighted by molar-refractivity contribution is 6.30. The van der Waals surface area contributed by atoms with Crippen molar-refractivity contribution in [1.29, 1.82) is 0 Å². The van der Waals surface area contributed by atoms with E-state index in [0.29, 0.717) is 16.7 Å². The lowest BCUT2D eigenvalue weighted by Gasteiger charge is -2.20. The molecule has 9 nitrogen and oxygen atoms in total. The fourth-order valence-electron chi connectivity index (χ4n) is 3.50. The number of amides is 1. The van der Waals surface area contributed by atoms with Gasteiger partial charge in [-0.2, -0.15) is 0 Å². The fourth-order valence-corrected chi connectivity index (χ4v) is 3.63. The van der Waals surface area contributed by atoms with Crippen LogP contribution in [0.2, 0.25) is 5.02 Å². The van der Waals surface area contributed by atoms with Crippen LogP contribution in [0.3, 0.4) is 0 Å². The molecule has 0 spiro atoms. The molecule has 0 saturated carbocycles. The number of nitrogens with zero attached hydrogens (tertiary/aromatic N) is 3. The number of nitrogens with one attached hydrogen (secondary N) is 1. The molecule has 2 heterocycles. The molecule has 0 bridgehead atoms. The third-order valence-corrected chi connectivity index (χ3v) is 5.59. The quantitative estimate of drug-likeness (QED) is 0.419. The van der Waals surface area contributed by atoms with E-state index in [1.54, 1.807) is 18.3 Å². The number of carbonyl (C=O) groups is 1. The Balaban J connectivity index is 1.49. The molecule has 1 amide bonds. The number of hydrogen-bond donors (Lipinski definition) is 2. The molecule has 4 aromatic rings. The van der Waals surface area contributed by atoms with Crippen molar-refractivity contribution in [3.8, 4) is 11.3 Å². The Morgan fingerprint density at radius 2 is 1.85 bits per heavy atom. The van der Waals surface area contributed by atoms with Crippen molar-refractivity contribution in [3.05, 3.63) is 98.1 Å². The van der Waals surface area contributed by atoms with Gasteiger partial charge in [-0.05, 0) is 29.8 Å². The molecular weight excluding hydrogens is 458 g/mol. The number of oxazole rings is 1. The standard InChI is InChI=1S/C24H22ClN5O4/c1-29(20(31)12-11-19-27-13-18(34-19)16-7-9-17(25)10-8-16)21-22(26)30(24(33)28-23(21)32)14-15-5-3-2-4-6-15/h2-10,13H,11-12,14,26H2,1H3,(H,28,32,33). The lowest BCUT2D eigenvalue weighted by atomic mass is 10.2. The molecule has 0 aliphatic carbocycles. The van der Waals surface area contributed by atoms with Crippen LogP contribution in [0.1, 0.15) is 17.9 Å². The minimum absolute atomic E-state index is 0.0216. The predicted octanol–water partition coefficient (Wildman–Crippen LogP) is 3.07. The van der Waals surface area contributed by atoms with Gasteiger partial charge < -0.3 is 15.1 Å². The summed E-state index contributed by atoms with van der Waals surface area (Å²) in [6.07, 6.45) is 1.82. The smallest absolute Gasteiger partial charge is 0.330 e. The van der Waals surface area contributed by atoms with Gasteiger partial charge in [-0.1, -0.05) is 41.9 Å². The van der Waals surface area contributed by atoms with Crippen LogP contribution >= 0.6 is 11.6 Å². The number of nitrogen functional groups attached to an aromatic ring is 1. The number of H-pyrrole nitrogens is 1. The molecule has 0 radical (unpaired) electrons. The van der Waals surface area contributed by atoms with Crippen molar-refractivity contribution in [2.24, 2.45) is 0 Å². The van der Waals surface area contributed by atoms with Gasteiger partial charge in [0.2, 0.25) is 5.91 Å². The molecule has 0 atom stereocenters. The summed E-state index contributed by atoms with van der Waals surface area (Å²) < 4.78 is 6.96. The number of nitrogens with two attached hydrogens (primary N) is 1. The van der Waals surface area contributed by atoms with Crippen LogP contribution < -0.4 is 21.9 Å². The van der Waals surface area contributed by atoms with Gasteiger partial charge in [0.15, 0.2) is 17.3 Å². The second kappa shape index (κ2) is 9.80. The molecule has 0 unspecified atom stereocenters. The summed E-state index contributed by atoms with van der Waals surface area (Å²) >= 11 is 5.91. The highest BCUT2D eigenvalue weighted by Crippen LogP contribution is 2.23. The fraction of sp³-hybridized carbons (Fsp3) is 0.167. The number of aromatic nitrogens is 3. The maximum absolute atomic E-state index is 12.8. The molecule has 0 fully saturated rings. The first-order valence-corrected chi connectivity index (χ1v) is 10.8. The minimum Gasteiger partial charge on any atom is -0.441 e. The van der Waals surface area contributed by atoms with Gasteiger partial charge in [0.05, 0.1) is 12.7 Å². The van der Waals surface area contributed by atoms with Gasteiger partial charge in [0, 0.05) is 30.5 Å². The van der Waals surface area contributed by atoms with Crippen molar-refractivity contribution >= 4 is 29.0 Å². The first-order valence-electron chi connectivity index (χ1n) is 10.5. The number of aryl methyl sites for hydroxylation is 1. The van der Waals surface area contributed by atoms with Crippen molar-refractivity contribution < 1.29 is 9.21 Å². The molecule has 0 aliphatic heterocycles. The Morgan fingerprint density at radius 3 is 2.56 bits per heavy atom. The number of halogens is 1. The van der Waals surface area contributed by atoms with Gasteiger partial charge in [0.1, 0.15) is 5.82 Å². The summed E-state index contributed by atoms with van der Waals surface area (Å²) in [6, 6.07) is 16.3. The molecular formula is C24H22ClN5O4. The summed E-state index contributed by atoms with van der Waals surface area (Å²) in [4.78, 5) is 45.3. The minimum atomic E-state index is -0.733. The van der Waals surface area contributed by atoms with Gasteiger partial charge in [-0.3, -0.25) is 19.1 Å². The Morgan fingerprint density at radius 1 is 1.15 bits per heavy atom. The van der Waals surface area contributed by atoms with E-state index in [2.05, 4.69) is 9.97 Å². The third-order valence-electron chi connectivity index (χ3n) is 5.34. The lowest BCUT2D eigenvalue weighted by molar-refractivity contribution is -0.118. The number of aromatic amines is 1. The normalized spacial score (nSPS) is 10.9. The second-order valence-corrected chi connectivity index (χ2v) is 8.08. The molecule has 174 valence electrons. The molecule has 2 aromatic carbocycles. The average molecular weight is 480 g/mol. The Bertz CT molecular complexity index is 1420. The number of anilines is 2. The number of benzene rings is 2. The maximum Gasteiger partial charge on any atom is 0.330 e. The monoisotopic (exact) mass is 479 g/mol. The van der Waals surface area contributed by atoms with Crippen LogP contribution in [0.15, 0.2) is 74.8 Å². The largest absolute Gasteiger partial charge is 0.441 e. The first-order chi connectivity index (χ1) is 16.3. The van der Waals surface area contributed by atoms with E-state index < -0.39 is 11.2 Å². The lowest BCUT2D eigenvalue weighted by Crippen LogP contribution is -2.39. The Labute approximate surface area is 199 Å². The number of carbonyl (C=O) groups excluding carboxylic acids is 1. The predicted molar refractivity (Wildman–Crippen MR) is 130 cm³/mol. The van der Waals surface area contributed by atoms with Crippen LogP contribution in [-0.4, -0.2) is 27.5 Å². The zero-order valence-corrected chi connectivity index (χ0v) is 19.1. The van der Waals surface area contributed by atoms with E-state index in [1.807, 2.05) is 42.5 Å². The summed E-state index contributed by atoms with van der Waals surface area (Å²) in [5.74, 6) is 0.465. The SMILES string of the molecule is CN(C(=O)CCc1ncc(-c2ccc(Cl)cc2)o1)c1c(N)n(Cc2ccccc2)c(=O)[nH]c1=O. The third kappa shape index (κ3) is 4.94. The Hall–Kier alpha value is -4.11. The van der Waals surface area contributed by atoms with Crippen molar-refractivity contribution in [2.45, 2.75) is 19.4 Å². The molecule has 34 heavy (non-hydrogen) atoms. The van der Waals surface area contributed by atoms with Gasteiger partial charge in [-0.15, -0.1) is 0 Å². The molecule has 2 aromatic heterocycles.